The molecule has 3 aromatic rings. The van der Waals surface area contributed by atoms with Gasteiger partial charge in [0.15, 0.2) is 0 Å². The first-order valence-corrected chi connectivity index (χ1v) is 7.85. The Kier molecular flexibility index (Phi) is 3.20. The third kappa shape index (κ3) is 2.51. The van der Waals surface area contributed by atoms with Gasteiger partial charge < -0.3 is 10.4 Å². The molecule has 1 aliphatic heterocycles. The number of pyridine rings is 1. The van der Waals surface area contributed by atoms with Gasteiger partial charge in [-0.05, 0) is 23.8 Å². The fourth-order valence-electron chi connectivity index (χ4n) is 2.44. The average Bonchev–Trinajstić information content (AvgIpc) is 3.05. The summed E-state index contributed by atoms with van der Waals surface area (Å²) in [7, 11) is 0. The van der Waals surface area contributed by atoms with E-state index >= 15 is 0 Å². The van der Waals surface area contributed by atoms with Gasteiger partial charge in [-0.1, -0.05) is 6.07 Å². The van der Waals surface area contributed by atoms with Crippen LogP contribution in [0.2, 0.25) is 0 Å². The van der Waals surface area contributed by atoms with Gasteiger partial charge in [-0.3, -0.25) is 9.88 Å². The van der Waals surface area contributed by atoms with Crippen LogP contribution in [0.3, 0.4) is 0 Å². The number of thiazole rings is 1. The molecule has 2 N–H and O–H groups in total. The molecular weight excluding hydrogens is 312 g/mol. The lowest BCUT2D eigenvalue weighted by Crippen LogP contribution is -2.38. The first-order chi connectivity index (χ1) is 11.2. The number of phenols is 1. The monoisotopic (exact) mass is 324 g/mol. The molecule has 0 aliphatic carbocycles. The molecule has 0 bridgehead atoms. The number of carbonyl (C=O) groups excluding carboxylic acids is 1. The summed E-state index contributed by atoms with van der Waals surface area (Å²) in [4.78, 5) is 22.4. The Morgan fingerprint density at radius 1 is 1.22 bits per heavy atom. The molecule has 2 amide bonds. The van der Waals surface area contributed by atoms with E-state index in [4.69, 9.17) is 0 Å². The fraction of sp³-hybridized carbons (Fsp3) is 0.0625. The van der Waals surface area contributed by atoms with Crippen molar-refractivity contribution in [3.8, 4) is 16.3 Å². The predicted octanol–water partition coefficient (Wildman–Crippen LogP) is 3.46. The molecule has 0 saturated heterocycles. The summed E-state index contributed by atoms with van der Waals surface area (Å²) in [5.74, 6) is 0.740. The summed E-state index contributed by atoms with van der Waals surface area (Å²) in [6, 6.07) is 8.47. The van der Waals surface area contributed by atoms with Crippen molar-refractivity contribution < 1.29 is 9.90 Å². The number of amides is 2. The molecule has 0 fully saturated rings. The van der Waals surface area contributed by atoms with E-state index < -0.39 is 0 Å². The number of fused-ring (bicyclic) bond motifs is 1. The van der Waals surface area contributed by atoms with Crippen LogP contribution in [0.1, 0.15) is 5.56 Å². The van der Waals surface area contributed by atoms with Crippen LogP contribution in [0.5, 0.6) is 5.75 Å². The first kappa shape index (κ1) is 13.7. The fourth-order valence-corrected chi connectivity index (χ4v) is 3.26. The third-order valence-corrected chi connectivity index (χ3v) is 4.48. The van der Waals surface area contributed by atoms with E-state index in [0.29, 0.717) is 18.1 Å². The number of hydrogen-bond donors (Lipinski definition) is 2. The lowest BCUT2D eigenvalue weighted by molar-refractivity contribution is 0.256. The Balaban J connectivity index is 1.65. The predicted molar refractivity (Wildman–Crippen MR) is 88.7 cm³/mol. The maximum absolute atomic E-state index is 12.3. The second kappa shape index (κ2) is 5.36. The van der Waals surface area contributed by atoms with Gasteiger partial charge in [-0.15, -0.1) is 11.3 Å². The highest BCUT2D eigenvalue weighted by molar-refractivity contribution is 7.13. The molecule has 0 saturated carbocycles. The highest BCUT2D eigenvalue weighted by Gasteiger charge is 2.26. The van der Waals surface area contributed by atoms with Gasteiger partial charge in [0, 0.05) is 29.4 Å². The molecular formula is C16H12N4O2S. The van der Waals surface area contributed by atoms with Crippen LogP contribution >= 0.6 is 11.3 Å². The lowest BCUT2D eigenvalue weighted by Gasteiger charge is -2.27. The van der Waals surface area contributed by atoms with Gasteiger partial charge in [-0.2, -0.15) is 0 Å². The van der Waals surface area contributed by atoms with Crippen LogP contribution in [-0.2, 0) is 6.54 Å². The summed E-state index contributed by atoms with van der Waals surface area (Å²) >= 11 is 1.48. The molecule has 23 heavy (non-hydrogen) atoms. The molecule has 0 spiro atoms. The minimum atomic E-state index is -0.255. The third-order valence-electron chi connectivity index (χ3n) is 3.60. The Morgan fingerprint density at radius 2 is 2.04 bits per heavy atom. The highest BCUT2D eigenvalue weighted by Crippen LogP contribution is 2.32. The SMILES string of the molecule is O=C1Nc2cc(O)ccc2CN1c1csc(-c2ccncc2)n1. The lowest BCUT2D eigenvalue weighted by atomic mass is 10.1. The van der Waals surface area contributed by atoms with Crippen molar-refractivity contribution in [2.75, 3.05) is 10.2 Å². The Bertz CT molecular complexity index is 879. The average molecular weight is 324 g/mol. The van der Waals surface area contributed by atoms with E-state index in [1.807, 2.05) is 17.5 Å². The smallest absolute Gasteiger partial charge is 0.327 e. The molecule has 0 radical (unpaired) electrons. The summed E-state index contributed by atoms with van der Waals surface area (Å²) in [5, 5.41) is 15.0. The quantitative estimate of drug-likeness (QED) is 0.756. The number of aromatic hydroxyl groups is 1. The van der Waals surface area contributed by atoms with Gasteiger partial charge in [0.05, 0.1) is 12.2 Å². The molecule has 1 aromatic carbocycles. The molecule has 0 atom stereocenters. The zero-order chi connectivity index (χ0) is 15.8. The topological polar surface area (TPSA) is 78.4 Å². The Labute approximate surface area is 136 Å². The highest BCUT2D eigenvalue weighted by atomic mass is 32.1. The van der Waals surface area contributed by atoms with Crippen molar-refractivity contribution in [1.82, 2.24) is 9.97 Å². The second-order valence-corrected chi connectivity index (χ2v) is 5.96. The molecule has 2 aromatic heterocycles. The number of urea groups is 1. The maximum Gasteiger partial charge on any atom is 0.327 e. The van der Waals surface area contributed by atoms with Crippen molar-refractivity contribution >= 4 is 28.9 Å². The Morgan fingerprint density at radius 3 is 2.87 bits per heavy atom. The van der Waals surface area contributed by atoms with Crippen LogP contribution in [-0.4, -0.2) is 21.1 Å². The van der Waals surface area contributed by atoms with Gasteiger partial charge in [-0.25, -0.2) is 9.78 Å². The second-order valence-electron chi connectivity index (χ2n) is 5.10. The summed E-state index contributed by atoms with van der Waals surface area (Å²) in [6.07, 6.45) is 3.43. The van der Waals surface area contributed by atoms with Crippen molar-refractivity contribution in [3.63, 3.8) is 0 Å². The molecule has 0 unspecified atom stereocenters. The number of nitrogens with zero attached hydrogens (tertiary/aromatic N) is 3. The zero-order valence-corrected chi connectivity index (χ0v) is 12.7. The van der Waals surface area contributed by atoms with Crippen molar-refractivity contribution in [2.24, 2.45) is 0 Å². The number of benzene rings is 1. The van der Waals surface area contributed by atoms with Gasteiger partial charge in [0.2, 0.25) is 0 Å². The van der Waals surface area contributed by atoms with Crippen LogP contribution < -0.4 is 10.2 Å². The van der Waals surface area contributed by atoms with E-state index in [2.05, 4.69) is 15.3 Å². The van der Waals surface area contributed by atoms with E-state index in [0.717, 1.165) is 16.1 Å². The number of aromatic nitrogens is 2. The van der Waals surface area contributed by atoms with Crippen molar-refractivity contribution in [2.45, 2.75) is 6.54 Å². The van der Waals surface area contributed by atoms with E-state index in [1.165, 1.54) is 11.3 Å². The van der Waals surface area contributed by atoms with Gasteiger partial charge >= 0.3 is 6.03 Å². The van der Waals surface area contributed by atoms with E-state index in [9.17, 15) is 9.90 Å². The van der Waals surface area contributed by atoms with E-state index in [1.54, 1.807) is 35.5 Å². The normalized spacial score (nSPS) is 13.6. The van der Waals surface area contributed by atoms with Crippen molar-refractivity contribution in [1.29, 1.82) is 0 Å². The minimum absolute atomic E-state index is 0.131. The molecule has 1 aliphatic rings. The van der Waals surface area contributed by atoms with Crippen LogP contribution in [0.25, 0.3) is 10.6 Å². The number of nitrogens with one attached hydrogen (secondary N) is 1. The number of rotatable bonds is 2. The zero-order valence-electron chi connectivity index (χ0n) is 11.9. The molecule has 114 valence electrons. The molecule has 6 nitrogen and oxygen atoms in total. The van der Waals surface area contributed by atoms with E-state index in [-0.39, 0.29) is 11.8 Å². The first-order valence-electron chi connectivity index (χ1n) is 6.97. The molecule has 3 heterocycles. The summed E-state index contributed by atoms with van der Waals surface area (Å²) < 4.78 is 0. The summed E-state index contributed by atoms with van der Waals surface area (Å²) in [6.45, 7) is 0.418. The number of carbonyl (C=O) groups is 1. The maximum atomic E-state index is 12.3. The number of anilines is 2. The number of phenolic OH excluding ortho intramolecular Hbond substituents is 1. The molecule has 7 heteroatoms. The Hall–Kier alpha value is -2.93. The number of hydrogen-bond acceptors (Lipinski definition) is 5. The van der Waals surface area contributed by atoms with Crippen LogP contribution in [0, 0.1) is 0 Å². The minimum Gasteiger partial charge on any atom is -0.508 e. The van der Waals surface area contributed by atoms with Crippen LogP contribution in [0.15, 0.2) is 48.1 Å². The standard InChI is InChI=1S/C16H12N4O2S/c21-12-2-1-11-8-20(16(22)18-13(11)7-12)14-9-23-15(19-14)10-3-5-17-6-4-10/h1-7,9,21H,8H2,(H,18,22). The van der Waals surface area contributed by atoms with Crippen LogP contribution in [0.4, 0.5) is 16.3 Å². The van der Waals surface area contributed by atoms with Gasteiger partial charge in [0.1, 0.15) is 16.6 Å². The largest absolute Gasteiger partial charge is 0.508 e. The molecule has 4 rings (SSSR count). The van der Waals surface area contributed by atoms with Gasteiger partial charge in [0.25, 0.3) is 0 Å². The summed E-state index contributed by atoms with van der Waals surface area (Å²) in [5.41, 5.74) is 2.54. The van der Waals surface area contributed by atoms with Crippen molar-refractivity contribution in [3.05, 3.63) is 53.7 Å².